The molecule has 3 unspecified atom stereocenters. The maximum absolute atomic E-state index is 13.2. The number of carbonyl (C=O) groups is 1. The summed E-state index contributed by atoms with van der Waals surface area (Å²) in [5.74, 6) is -0.281. The number of halogens is 2. The van der Waals surface area contributed by atoms with Gasteiger partial charge in [-0.05, 0) is 36.6 Å². The fourth-order valence-corrected chi connectivity index (χ4v) is 2.69. The van der Waals surface area contributed by atoms with Gasteiger partial charge in [0.05, 0.1) is 0 Å². The molecule has 23 heavy (non-hydrogen) atoms. The summed E-state index contributed by atoms with van der Waals surface area (Å²) in [5.41, 5.74) is 6.81. The summed E-state index contributed by atoms with van der Waals surface area (Å²) in [6, 6.07) is 15.9. The van der Waals surface area contributed by atoms with E-state index in [1.807, 2.05) is 36.4 Å². The standard InChI is InChI=1S/C18H19FN2O.ClH/c1-18(20,13-7-3-2-4-8-13)17(22)21-16-11-15(16)12-6-5-9-14(19)10-12;/h2-10,15-16H,11,20H2,1H3,(H,21,22);1H. The van der Waals surface area contributed by atoms with Crippen molar-refractivity contribution in [3.63, 3.8) is 0 Å². The molecule has 1 amide bonds. The van der Waals surface area contributed by atoms with Gasteiger partial charge >= 0.3 is 0 Å². The first-order chi connectivity index (χ1) is 10.5. The molecule has 3 N–H and O–H groups in total. The minimum absolute atomic E-state index is 0. The Bertz CT molecular complexity index is 690. The summed E-state index contributed by atoms with van der Waals surface area (Å²) < 4.78 is 13.2. The van der Waals surface area contributed by atoms with E-state index < -0.39 is 5.54 Å². The lowest BCUT2D eigenvalue weighted by Gasteiger charge is -2.24. The van der Waals surface area contributed by atoms with Crippen molar-refractivity contribution >= 4 is 18.3 Å². The highest BCUT2D eigenvalue weighted by Gasteiger charge is 2.42. The van der Waals surface area contributed by atoms with E-state index in [2.05, 4.69) is 5.32 Å². The predicted octanol–water partition coefficient (Wildman–Crippen LogP) is 3.09. The molecule has 0 spiro atoms. The van der Waals surface area contributed by atoms with Gasteiger partial charge in [-0.25, -0.2) is 4.39 Å². The van der Waals surface area contributed by atoms with Crippen LogP contribution in [0, 0.1) is 5.82 Å². The SMILES string of the molecule is CC(N)(C(=O)NC1CC1c1cccc(F)c1)c1ccccc1.Cl. The lowest BCUT2D eigenvalue weighted by atomic mass is 9.92. The zero-order chi connectivity index (χ0) is 15.7. The molecule has 1 fully saturated rings. The van der Waals surface area contributed by atoms with Gasteiger partial charge in [0.25, 0.3) is 0 Å². The fourth-order valence-electron chi connectivity index (χ4n) is 2.69. The quantitative estimate of drug-likeness (QED) is 0.902. The van der Waals surface area contributed by atoms with Crippen LogP contribution in [0.2, 0.25) is 0 Å². The maximum Gasteiger partial charge on any atom is 0.244 e. The van der Waals surface area contributed by atoms with E-state index in [0.717, 1.165) is 17.5 Å². The normalized spacial score (nSPS) is 21.7. The van der Waals surface area contributed by atoms with Crippen LogP contribution in [-0.4, -0.2) is 11.9 Å². The molecule has 3 rings (SSSR count). The molecule has 3 nitrogen and oxygen atoms in total. The van der Waals surface area contributed by atoms with Gasteiger partial charge in [-0.2, -0.15) is 0 Å². The second kappa shape index (κ2) is 6.69. The molecule has 1 aliphatic carbocycles. The molecule has 0 heterocycles. The van der Waals surface area contributed by atoms with Crippen LogP contribution < -0.4 is 11.1 Å². The van der Waals surface area contributed by atoms with E-state index >= 15 is 0 Å². The van der Waals surface area contributed by atoms with Gasteiger partial charge in [0.1, 0.15) is 11.4 Å². The average Bonchev–Trinajstić information content (AvgIpc) is 3.27. The van der Waals surface area contributed by atoms with Crippen LogP contribution in [-0.2, 0) is 10.3 Å². The Morgan fingerprint density at radius 2 is 1.91 bits per heavy atom. The largest absolute Gasteiger partial charge is 0.351 e. The Hall–Kier alpha value is -1.91. The third-order valence-corrected chi connectivity index (χ3v) is 4.23. The minimum atomic E-state index is -1.07. The molecule has 0 radical (unpaired) electrons. The number of nitrogens with two attached hydrogens (primary N) is 1. The van der Waals surface area contributed by atoms with Crippen molar-refractivity contribution in [1.29, 1.82) is 0 Å². The highest BCUT2D eigenvalue weighted by molar-refractivity contribution is 5.87. The summed E-state index contributed by atoms with van der Waals surface area (Å²) in [5, 5.41) is 2.97. The molecule has 1 aliphatic rings. The molecule has 0 bridgehead atoms. The Morgan fingerprint density at radius 3 is 2.57 bits per heavy atom. The Kier molecular flexibility index (Phi) is 5.07. The fraction of sp³-hybridized carbons (Fsp3) is 0.278. The van der Waals surface area contributed by atoms with Crippen LogP contribution in [0.5, 0.6) is 0 Å². The second-order valence-corrected chi connectivity index (χ2v) is 6.05. The van der Waals surface area contributed by atoms with Gasteiger partial charge < -0.3 is 11.1 Å². The van der Waals surface area contributed by atoms with E-state index in [9.17, 15) is 9.18 Å². The van der Waals surface area contributed by atoms with E-state index in [0.29, 0.717) is 0 Å². The van der Waals surface area contributed by atoms with E-state index in [1.54, 1.807) is 13.0 Å². The molecule has 2 aromatic rings. The van der Waals surface area contributed by atoms with E-state index in [1.165, 1.54) is 12.1 Å². The van der Waals surface area contributed by atoms with E-state index in [-0.39, 0.29) is 36.1 Å². The van der Waals surface area contributed by atoms with Crippen LogP contribution in [0.25, 0.3) is 0 Å². The highest BCUT2D eigenvalue weighted by Crippen LogP contribution is 2.41. The topological polar surface area (TPSA) is 55.1 Å². The summed E-state index contributed by atoms with van der Waals surface area (Å²) in [4.78, 5) is 12.4. The van der Waals surface area contributed by atoms with Crippen molar-refractivity contribution < 1.29 is 9.18 Å². The maximum atomic E-state index is 13.2. The first-order valence-corrected chi connectivity index (χ1v) is 7.39. The lowest BCUT2D eigenvalue weighted by Crippen LogP contribution is -2.49. The minimum Gasteiger partial charge on any atom is -0.351 e. The van der Waals surface area contributed by atoms with Crippen LogP contribution in [0.15, 0.2) is 54.6 Å². The predicted molar refractivity (Wildman–Crippen MR) is 90.9 cm³/mol. The van der Waals surface area contributed by atoms with Crippen molar-refractivity contribution in [1.82, 2.24) is 5.32 Å². The summed E-state index contributed by atoms with van der Waals surface area (Å²) in [7, 11) is 0. The number of nitrogens with one attached hydrogen (secondary N) is 1. The lowest BCUT2D eigenvalue weighted by molar-refractivity contribution is -0.126. The molecular weight excluding hydrogens is 315 g/mol. The van der Waals surface area contributed by atoms with Gasteiger partial charge in [0.2, 0.25) is 5.91 Å². The Morgan fingerprint density at radius 1 is 1.22 bits per heavy atom. The van der Waals surface area contributed by atoms with Crippen molar-refractivity contribution in [3.05, 3.63) is 71.5 Å². The van der Waals surface area contributed by atoms with Crippen molar-refractivity contribution in [2.24, 2.45) is 5.73 Å². The smallest absolute Gasteiger partial charge is 0.244 e. The number of rotatable bonds is 4. The van der Waals surface area contributed by atoms with Crippen molar-refractivity contribution in [2.45, 2.75) is 30.8 Å². The van der Waals surface area contributed by atoms with Gasteiger partial charge in [-0.15, -0.1) is 12.4 Å². The number of hydrogen-bond acceptors (Lipinski definition) is 2. The number of benzene rings is 2. The van der Waals surface area contributed by atoms with Crippen molar-refractivity contribution in [2.75, 3.05) is 0 Å². The number of hydrogen-bond donors (Lipinski definition) is 2. The third-order valence-electron chi connectivity index (χ3n) is 4.23. The zero-order valence-corrected chi connectivity index (χ0v) is 13.6. The third kappa shape index (κ3) is 3.71. The number of amides is 1. The van der Waals surface area contributed by atoms with Crippen LogP contribution in [0.1, 0.15) is 30.4 Å². The first-order valence-electron chi connectivity index (χ1n) is 7.39. The van der Waals surface area contributed by atoms with Gasteiger partial charge in [0, 0.05) is 12.0 Å². The molecule has 1 saturated carbocycles. The monoisotopic (exact) mass is 334 g/mol. The van der Waals surface area contributed by atoms with Crippen LogP contribution in [0.4, 0.5) is 4.39 Å². The molecule has 2 aromatic carbocycles. The summed E-state index contributed by atoms with van der Waals surface area (Å²) in [6.45, 7) is 1.71. The van der Waals surface area contributed by atoms with Crippen LogP contribution in [0.3, 0.4) is 0 Å². The van der Waals surface area contributed by atoms with Gasteiger partial charge in [-0.3, -0.25) is 4.79 Å². The van der Waals surface area contributed by atoms with Crippen LogP contribution >= 0.6 is 12.4 Å². The molecule has 122 valence electrons. The zero-order valence-electron chi connectivity index (χ0n) is 12.8. The molecule has 0 aromatic heterocycles. The summed E-state index contributed by atoms with van der Waals surface area (Å²) in [6.07, 6.45) is 0.820. The Balaban J connectivity index is 0.00000192. The molecule has 0 aliphatic heterocycles. The number of carbonyl (C=O) groups excluding carboxylic acids is 1. The van der Waals surface area contributed by atoms with E-state index in [4.69, 9.17) is 5.73 Å². The van der Waals surface area contributed by atoms with Gasteiger partial charge in [-0.1, -0.05) is 42.5 Å². The average molecular weight is 335 g/mol. The van der Waals surface area contributed by atoms with Gasteiger partial charge in [0.15, 0.2) is 0 Å². The highest BCUT2D eigenvalue weighted by atomic mass is 35.5. The Labute approximate surface area is 141 Å². The van der Waals surface area contributed by atoms with Crippen molar-refractivity contribution in [3.8, 4) is 0 Å². The molecule has 5 heteroatoms. The molecule has 0 saturated heterocycles. The first kappa shape index (κ1) is 17.4. The molecule has 3 atom stereocenters. The second-order valence-electron chi connectivity index (χ2n) is 6.05. The summed E-state index contributed by atoms with van der Waals surface area (Å²) >= 11 is 0. The molecular formula is C18H20ClFN2O.